The number of thioether (sulfide) groups is 1. The lowest BCUT2D eigenvalue weighted by Gasteiger charge is -2.17. The second kappa shape index (κ2) is 8.44. The molecule has 1 aromatic heterocycles. The summed E-state index contributed by atoms with van der Waals surface area (Å²) in [5, 5.41) is 2.73. The molecule has 26 heavy (non-hydrogen) atoms. The van der Waals surface area contributed by atoms with E-state index in [1.165, 1.54) is 12.1 Å². The molecule has 1 saturated heterocycles. The number of hydrogen-bond acceptors (Lipinski definition) is 5. The van der Waals surface area contributed by atoms with Gasteiger partial charge in [-0.05, 0) is 31.9 Å². The summed E-state index contributed by atoms with van der Waals surface area (Å²) in [7, 11) is 0. The van der Waals surface area contributed by atoms with Crippen LogP contribution < -0.4 is 10.2 Å². The van der Waals surface area contributed by atoms with Crippen LogP contribution in [0.4, 0.5) is 14.6 Å². The quantitative estimate of drug-likeness (QED) is 0.778. The Balaban J connectivity index is 1.70. The topological polar surface area (TPSA) is 58.1 Å². The second-order valence-corrected chi connectivity index (χ2v) is 7.07. The van der Waals surface area contributed by atoms with Crippen molar-refractivity contribution < 1.29 is 13.6 Å². The van der Waals surface area contributed by atoms with Gasteiger partial charge in [-0.25, -0.2) is 9.97 Å². The standard InChI is InChI=1S/C18H20F2N4OS/c1-12-10-16(24-8-4-5-9-24)23-15(22-12)11-21-17(25)13-6-2-3-7-14(13)26-18(19)20/h2-3,6-7,10,18H,4-5,8-9,11H2,1H3,(H,21,25). The number of aromatic nitrogens is 2. The van der Waals surface area contributed by atoms with Gasteiger partial charge in [0, 0.05) is 29.7 Å². The van der Waals surface area contributed by atoms with Gasteiger partial charge >= 0.3 is 0 Å². The first-order valence-electron chi connectivity index (χ1n) is 8.44. The first kappa shape index (κ1) is 18.6. The molecule has 1 aromatic carbocycles. The van der Waals surface area contributed by atoms with E-state index in [0.29, 0.717) is 17.6 Å². The van der Waals surface area contributed by atoms with Crippen molar-refractivity contribution in [2.45, 2.75) is 37.0 Å². The van der Waals surface area contributed by atoms with Gasteiger partial charge in [0.1, 0.15) is 11.6 Å². The SMILES string of the molecule is Cc1cc(N2CCCC2)nc(CNC(=O)c2ccccc2SC(F)F)n1. The van der Waals surface area contributed by atoms with E-state index in [-0.39, 0.29) is 17.0 Å². The van der Waals surface area contributed by atoms with Gasteiger partial charge in [-0.3, -0.25) is 4.79 Å². The minimum absolute atomic E-state index is 0.148. The van der Waals surface area contributed by atoms with Gasteiger partial charge in [0.2, 0.25) is 0 Å². The van der Waals surface area contributed by atoms with Crippen molar-refractivity contribution in [1.29, 1.82) is 0 Å². The molecule has 0 bridgehead atoms. The predicted molar refractivity (Wildman–Crippen MR) is 97.7 cm³/mol. The molecular weight excluding hydrogens is 358 g/mol. The van der Waals surface area contributed by atoms with Crippen LogP contribution in [0, 0.1) is 6.92 Å². The lowest BCUT2D eigenvalue weighted by Crippen LogP contribution is -2.26. The van der Waals surface area contributed by atoms with Gasteiger partial charge in [0.25, 0.3) is 11.7 Å². The van der Waals surface area contributed by atoms with E-state index in [0.717, 1.165) is 37.4 Å². The average molecular weight is 378 g/mol. The molecule has 0 atom stereocenters. The number of rotatable bonds is 6. The van der Waals surface area contributed by atoms with Crippen LogP contribution in [0.1, 0.15) is 34.7 Å². The summed E-state index contributed by atoms with van der Waals surface area (Å²) >= 11 is 0.365. The third kappa shape index (κ3) is 4.69. The van der Waals surface area contributed by atoms with Crippen LogP contribution in [0.25, 0.3) is 0 Å². The number of aryl methyl sites for hydroxylation is 1. The minimum Gasteiger partial charge on any atom is -0.357 e. The molecule has 1 aliphatic rings. The van der Waals surface area contributed by atoms with Crippen LogP contribution in [0.2, 0.25) is 0 Å². The zero-order chi connectivity index (χ0) is 18.5. The van der Waals surface area contributed by atoms with Gasteiger partial charge in [0.05, 0.1) is 12.1 Å². The van der Waals surface area contributed by atoms with Crippen molar-refractivity contribution >= 4 is 23.5 Å². The third-order valence-corrected chi connectivity index (χ3v) is 4.86. The lowest BCUT2D eigenvalue weighted by atomic mass is 10.2. The highest BCUT2D eigenvalue weighted by Gasteiger charge is 2.17. The van der Waals surface area contributed by atoms with E-state index < -0.39 is 11.7 Å². The van der Waals surface area contributed by atoms with Crippen molar-refractivity contribution in [1.82, 2.24) is 15.3 Å². The van der Waals surface area contributed by atoms with E-state index in [1.807, 2.05) is 13.0 Å². The fraction of sp³-hybridized carbons (Fsp3) is 0.389. The minimum atomic E-state index is -2.58. The van der Waals surface area contributed by atoms with Crippen LogP contribution in [0.5, 0.6) is 0 Å². The molecule has 1 amide bonds. The molecule has 8 heteroatoms. The van der Waals surface area contributed by atoms with Crippen LogP contribution in [-0.4, -0.2) is 34.7 Å². The van der Waals surface area contributed by atoms with Crippen molar-refractivity contribution in [2.75, 3.05) is 18.0 Å². The predicted octanol–water partition coefficient (Wildman–Crippen LogP) is 3.63. The number of nitrogens with one attached hydrogen (secondary N) is 1. The van der Waals surface area contributed by atoms with Gasteiger partial charge in [-0.1, -0.05) is 23.9 Å². The van der Waals surface area contributed by atoms with E-state index in [4.69, 9.17) is 0 Å². The highest BCUT2D eigenvalue weighted by atomic mass is 32.2. The van der Waals surface area contributed by atoms with Crippen molar-refractivity contribution in [2.24, 2.45) is 0 Å². The molecule has 1 aliphatic heterocycles. The largest absolute Gasteiger partial charge is 0.357 e. The summed E-state index contributed by atoms with van der Waals surface area (Å²) < 4.78 is 25.3. The lowest BCUT2D eigenvalue weighted by molar-refractivity contribution is 0.0947. The summed E-state index contributed by atoms with van der Waals surface area (Å²) in [4.78, 5) is 23.8. The van der Waals surface area contributed by atoms with E-state index in [9.17, 15) is 13.6 Å². The molecule has 5 nitrogen and oxygen atoms in total. The van der Waals surface area contributed by atoms with E-state index >= 15 is 0 Å². The summed E-state index contributed by atoms with van der Waals surface area (Å²) in [5.41, 5.74) is 1.06. The first-order valence-corrected chi connectivity index (χ1v) is 9.32. The Morgan fingerprint density at radius 1 is 1.27 bits per heavy atom. The molecule has 2 heterocycles. The summed E-state index contributed by atoms with van der Waals surface area (Å²) in [6.07, 6.45) is 2.29. The molecule has 0 unspecified atom stereocenters. The Morgan fingerprint density at radius 3 is 2.73 bits per heavy atom. The molecule has 1 N–H and O–H groups in total. The number of nitrogens with zero attached hydrogens (tertiary/aromatic N) is 3. The van der Waals surface area contributed by atoms with Gasteiger partial charge in [-0.2, -0.15) is 8.78 Å². The monoisotopic (exact) mass is 378 g/mol. The van der Waals surface area contributed by atoms with Crippen LogP contribution >= 0.6 is 11.8 Å². The van der Waals surface area contributed by atoms with Crippen LogP contribution in [0.15, 0.2) is 35.2 Å². The van der Waals surface area contributed by atoms with Crippen molar-refractivity contribution in [3.05, 3.63) is 47.4 Å². The Morgan fingerprint density at radius 2 is 2.00 bits per heavy atom. The zero-order valence-electron chi connectivity index (χ0n) is 14.4. The molecule has 0 saturated carbocycles. The second-order valence-electron chi connectivity index (χ2n) is 6.04. The van der Waals surface area contributed by atoms with Gasteiger partial charge < -0.3 is 10.2 Å². The molecule has 0 spiro atoms. The molecule has 3 rings (SSSR count). The van der Waals surface area contributed by atoms with Crippen LogP contribution in [-0.2, 0) is 6.54 Å². The summed E-state index contributed by atoms with van der Waals surface area (Å²) in [5.74, 6) is -1.61. The summed E-state index contributed by atoms with van der Waals surface area (Å²) in [6, 6.07) is 8.27. The molecule has 2 aromatic rings. The van der Waals surface area contributed by atoms with Gasteiger partial charge in [0.15, 0.2) is 0 Å². The van der Waals surface area contributed by atoms with E-state index in [1.54, 1.807) is 12.1 Å². The number of halogens is 2. The van der Waals surface area contributed by atoms with Crippen molar-refractivity contribution in [3.8, 4) is 0 Å². The van der Waals surface area contributed by atoms with Crippen LogP contribution in [0.3, 0.4) is 0 Å². The number of carbonyl (C=O) groups excluding carboxylic acids is 1. The fourth-order valence-electron chi connectivity index (χ4n) is 2.91. The molecule has 0 aliphatic carbocycles. The fourth-order valence-corrected chi connectivity index (χ4v) is 3.54. The maximum absolute atomic E-state index is 12.7. The highest BCUT2D eigenvalue weighted by molar-refractivity contribution is 7.99. The summed E-state index contributed by atoms with van der Waals surface area (Å²) in [6.45, 7) is 3.98. The average Bonchev–Trinajstić information content (AvgIpc) is 3.14. The first-order chi connectivity index (χ1) is 12.5. The molecule has 0 radical (unpaired) electrons. The number of benzene rings is 1. The maximum Gasteiger partial charge on any atom is 0.288 e. The number of alkyl halides is 2. The third-order valence-electron chi connectivity index (χ3n) is 4.07. The number of hydrogen-bond donors (Lipinski definition) is 1. The normalized spacial score (nSPS) is 14.1. The highest BCUT2D eigenvalue weighted by Crippen LogP contribution is 2.28. The van der Waals surface area contributed by atoms with Crippen molar-refractivity contribution in [3.63, 3.8) is 0 Å². The Bertz CT molecular complexity index is 782. The smallest absolute Gasteiger partial charge is 0.288 e. The maximum atomic E-state index is 12.7. The Labute approximate surface area is 155 Å². The van der Waals surface area contributed by atoms with E-state index in [2.05, 4.69) is 20.2 Å². The number of carbonyl (C=O) groups is 1. The number of anilines is 1. The molecular formula is C18H20F2N4OS. The Hall–Kier alpha value is -2.22. The Kier molecular flexibility index (Phi) is 6.03. The van der Waals surface area contributed by atoms with Gasteiger partial charge in [-0.15, -0.1) is 0 Å². The zero-order valence-corrected chi connectivity index (χ0v) is 15.2. The number of amides is 1. The molecule has 1 fully saturated rings. The molecule has 138 valence electrons.